The van der Waals surface area contributed by atoms with E-state index in [1.807, 2.05) is 12.1 Å². The SMILES string of the molecule is COc1ccc([C@H](C[N+](=O)[O-])c2cc(Cl)cc(Cl)c2)cc1. The van der Waals surface area contributed by atoms with Crippen LogP contribution >= 0.6 is 23.2 Å². The van der Waals surface area contributed by atoms with Crippen LogP contribution in [0, 0.1) is 10.1 Å². The Morgan fingerprint density at radius 3 is 2.14 bits per heavy atom. The summed E-state index contributed by atoms with van der Waals surface area (Å²) in [5.41, 5.74) is 1.53. The minimum absolute atomic E-state index is 0.233. The Hall–Kier alpha value is -1.78. The first-order valence-electron chi connectivity index (χ1n) is 6.21. The predicted molar refractivity (Wildman–Crippen MR) is 83.2 cm³/mol. The van der Waals surface area contributed by atoms with E-state index in [9.17, 15) is 10.1 Å². The van der Waals surface area contributed by atoms with E-state index in [1.165, 1.54) is 0 Å². The average molecular weight is 326 g/mol. The fourth-order valence-corrected chi connectivity index (χ4v) is 2.71. The Labute approximate surface area is 132 Å². The quantitative estimate of drug-likeness (QED) is 0.604. The number of halogens is 2. The molecule has 2 aromatic rings. The summed E-state index contributed by atoms with van der Waals surface area (Å²) in [7, 11) is 1.57. The summed E-state index contributed by atoms with van der Waals surface area (Å²) < 4.78 is 5.10. The molecule has 1 atom stereocenters. The fraction of sp³-hybridized carbons (Fsp3) is 0.200. The van der Waals surface area contributed by atoms with Gasteiger partial charge in [-0.1, -0.05) is 35.3 Å². The molecule has 110 valence electrons. The molecule has 2 rings (SSSR count). The van der Waals surface area contributed by atoms with E-state index in [2.05, 4.69) is 0 Å². The van der Waals surface area contributed by atoms with Crippen molar-refractivity contribution in [1.82, 2.24) is 0 Å². The lowest BCUT2D eigenvalue weighted by molar-refractivity contribution is -0.481. The first kappa shape index (κ1) is 15.6. The molecule has 0 aliphatic carbocycles. The number of methoxy groups -OCH3 is 1. The van der Waals surface area contributed by atoms with E-state index in [4.69, 9.17) is 27.9 Å². The third kappa shape index (κ3) is 4.09. The number of hydrogen-bond donors (Lipinski definition) is 0. The maximum Gasteiger partial charge on any atom is 0.214 e. The van der Waals surface area contributed by atoms with E-state index < -0.39 is 5.92 Å². The Kier molecular flexibility index (Phi) is 5.04. The van der Waals surface area contributed by atoms with Crippen molar-refractivity contribution in [2.45, 2.75) is 5.92 Å². The van der Waals surface area contributed by atoms with Crippen molar-refractivity contribution in [2.24, 2.45) is 0 Å². The van der Waals surface area contributed by atoms with Gasteiger partial charge in [0.2, 0.25) is 6.54 Å². The van der Waals surface area contributed by atoms with E-state index in [-0.39, 0.29) is 11.5 Å². The minimum Gasteiger partial charge on any atom is -0.497 e. The molecular formula is C15H13Cl2NO3. The topological polar surface area (TPSA) is 52.4 Å². The van der Waals surface area contributed by atoms with Crippen molar-refractivity contribution in [2.75, 3.05) is 13.7 Å². The molecule has 0 unspecified atom stereocenters. The number of ether oxygens (including phenoxy) is 1. The van der Waals surface area contributed by atoms with Crippen molar-refractivity contribution >= 4 is 23.2 Å². The molecule has 0 fully saturated rings. The van der Waals surface area contributed by atoms with Crippen molar-refractivity contribution in [1.29, 1.82) is 0 Å². The van der Waals surface area contributed by atoms with Crippen molar-refractivity contribution in [3.63, 3.8) is 0 Å². The Morgan fingerprint density at radius 1 is 1.10 bits per heavy atom. The van der Waals surface area contributed by atoms with Gasteiger partial charge in [0.15, 0.2) is 0 Å². The number of benzene rings is 2. The van der Waals surface area contributed by atoms with Crippen LogP contribution in [0.2, 0.25) is 10.0 Å². The van der Waals surface area contributed by atoms with Crippen LogP contribution in [0.25, 0.3) is 0 Å². The molecular weight excluding hydrogens is 313 g/mol. The lowest BCUT2D eigenvalue weighted by Crippen LogP contribution is -2.14. The highest BCUT2D eigenvalue weighted by Crippen LogP contribution is 2.30. The van der Waals surface area contributed by atoms with Gasteiger partial charge in [-0.3, -0.25) is 10.1 Å². The van der Waals surface area contributed by atoms with Crippen LogP contribution in [0.15, 0.2) is 42.5 Å². The average Bonchev–Trinajstić information content (AvgIpc) is 2.43. The van der Waals surface area contributed by atoms with E-state index in [0.717, 1.165) is 11.1 Å². The molecule has 0 N–H and O–H groups in total. The van der Waals surface area contributed by atoms with Gasteiger partial charge in [0, 0.05) is 15.0 Å². The smallest absolute Gasteiger partial charge is 0.214 e. The molecule has 0 radical (unpaired) electrons. The molecule has 2 aromatic carbocycles. The van der Waals surface area contributed by atoms with Gasteiger partial charge in [-0.05, 0) is 41.5 Å². The summed E-state index contributed by atoms with van der Waals surface area (Å²) in [4.78, 5) is 10.6. The summed E-state index contributed by atoms with van der Waals surface area (Å²) in [5, 5.41) is 11.9. The molecule has 0 spiro atoms. The molecule has 0 aliphatic rings. The molecule has 0 aliphatic heterocycles. The summed E-state index contributed by atoms with van der Waals surface area (Å²) in [6.07, 6.45) is 0. The number of nitro groups is 1. The Bertz CT molecular complexity index is 624. The molecule has 0 saturated heterocycles. The van der Waals surface area contributed by atoms with Gasteiger partial charge in [0.05, 0.1) is 13.0 Å². The van der Waals surface area contributed by atoms with E-state index >= 15 is 0 Å². The molecule has 4 nitrogen and oxygen atoms in total. The van der Waals surface area contributed by atoms with Crippen LogP contribution in [-0.2, 0) is 0 Å². The van der Waals surface area contributed by atoms with E-state index in [0.29, 0.717) is 15.8 Å². The molecule has 0 amide bonds. The standard InChI is InChI=1S/C15H13Cl2NO3/c1-21-14-4-2-10(3-5-14)15(9-18(19)20)11-6-12(16)8-13(17)7-11/h2-8,15H,9H2,1H3/t15-/m0/s1. The highest BCUT2D eigenvalue weighted by molar-refractivity contribution is 6.34. The molecule has 21 heavy (non-hydrogen) atoms. The van der Waals surface area contributed by atoms with Gasteiger partial charge in [-0.2, -0.15) is 0 Å². The molecule has 6 heteroatoms. The molecule has 0 saturated carbocycles. The summed E-state index contributed by atoms with van der Waals surface area (Å²) in [6.45, 7) is -0.233. The van der Waals surface area contributed by atoms with Gasteiger partial charge in [-0.25, -0.2) is 0 Å². The largest absolute Gasteiger partial charge is 0.497 e. The first-order valence-corrected chi connectivity index (χ1v) is 6.97. The minimum atomic E-state index is -0.415. The monoisotopic (exact) mass is 325 g/mol. The second-order valence-electron chi connectivity index (χ2n) is 4.54. The maximum atomic E-state index is 11.0. The molecule has 0 bridgehead atoms. The Morgan fingerprint density at radius 2 is 1.67 bits per heavy atom. The second-order valence-corrected chi connectivity index (χ2v) is 5.42. The van der Waals surface area contributed by atoms with Gasteiger partial charge in [0.25, 0.3) is 0 Å². The number of hydrogen-bond acceptors (Lipinski definition) is 3. The highest BCUT2D eigenvalue weighted by atomic mass is 35.5. The van der Waals surface area contributed by atoms with Crippen molar-refractivity contribution < 1.29 is 9.66 Å². The van der Waals surface area contributed by atoms with Crippen LogP contribution in [0.3, 0.4) is 0 Å². The van der Waals surface area contributed by atoms with Crippen LogP contribution in [0.1, 0.15) is 17.0 Å². The number of nitrogens with zero attached hydrogens (tertiary/aromatic N) is 1. The van der Waals surface area contributed by atoms with Crippen LogP contribution < -0.4 is 4.74 Å². The summed E-state index contributed by atoms with van der Waals surface area (Å²) >= 11 is 12.0. The predicted octanol–water partition coefficient (Wildman–Crippen LogP) is 4.41. The maximum absolute atomic E-state index is 11.0. The lowest BCUT2D eigenvalue weighted by atomic mass is 9.91. The van der Waals surface area contributed by atoms with Gasteiger partial charge < -0.3 is 4.74 Å². The van der Waals surface area contributed by atoms with Crippen molar-refractivity contribution in [3.8, 4) is 5.75 Å². The molecule has 0 heterocycles. The Balaban J connectivity index is 2.43. The van der Waals surface area contributed by atoms with Gasteiger partial charge in [-0.15, -0.1) is 0 Å². The fourth-order valence-electron chi connectivity index (χ4n) is 2.16. The van der Waals surface area contributed by atoms with E-state index in [1.54, 1.807) is 37.4 Å². The van der Waals surface area contributed by atoms with Crippen molar-refractivity contribution in [3.05, 3.63) is 73.8 Å². The first-order chi connectivity index (χ1) is 9.99. The van der Waals surface area contributed by atoms with Gasteiger partial charge >= 0.3 is 0 Å². The molecule has 0 aromatic heterocycles. The highest BCUT2D eigenvalue weighted by Gasteiger charge is 2.21. The van der Waals surface area contributed by atoms with Crippen LogP contribution in [0.4, 0.5) is 0 Å². The third-order valence-electron chi connectivity index (χ3n) is 3.14. The summed E-state index contributed by atoms with van der Waals surface area (Å²) in [6, 6.07) is 12.2. The summed E-state index contributed by atoms with van der Waals surface area (Å²) in [5.74, 6) is 0.282. The van der Waals surface area contributed by atoms with Crippen LogP contribution in [-0.4, -0.2) is 18.6 Å². The van der Waals surface area contributed by atoms with Crippen LogP contribution in [0.5, 0.6) is 5.75 Å². The zero-order chi connectivity index (χ0) is 15.4. The second kappa shape index (κ2) is 6.78. The zero-order valence-corrected chi connectivity index (χ0v) is 12.8. The third-order valence-corrected chi connectivity index (χ3v) is 3.57. The van der Waals surface area contributed by atoms with Gasteiger partial charge in [0.1, 0.15) is 5.75 Å². The number of rotatable bonds is 5. The zero-order valence-electron chi connectivity index (χ0n) is 11.3. The lowest BCUT2D eigenvalue weighted by Gasteiger charge is -2.15. The normalized spacial score (nSPS) is 12.0.